The van der Waals surface area contributed by atoms with Gasteiger partial charge in [-0.05, 0) is 18.2 Å². The van der Waals surface area contributed by atoms with Crippen molar-refractivity contribution in [2.24, 2.45) is 7.05 Å². The zero-order chi connectivity index (χ0) is 18.7. The van der Waals surface area contributed by atoms with Gasteiger partial charge >= 0.3 is 6.18 Å². The lowest BCUT2D eigenvalue weighted by Gasteiger charge is -2.21. The smallest absolute Gasteiger partial charge is 0.435 e. The van der Waals surface area contributed by atoms with Crippen molar-refractivity contribution in [1.29, 1.82) is 0 Å². The summed E-state index contributed by atoms with van der Waals surface area (Å²) >= 11 is 0. The van der Waals surface area contributed by atoms with Crippen molar-refractivity contribution in [2.75, 3.05) is 12.4 Å². The van der Waals surface area contributed by atoms with E-state index < -0.39 is 17.9 Å². The Morgan fingerprint density at radius 3 is 2.46 bits per heavy atom. The number of ether oxygens (including phenoxy) is 1. The molecule has 0 amide bonds. The van der Waals surface area contributed by atoms with E-state index in [1.54, 1.807) is 25.6 Å². The van der Waals surface area contributed by atoms with Gasteiger partial charge in [0.05, 0.1) is 7.11 Å². The molecule has 0 fully saturated rings. The third-order valence-corrected chi connectivity index (χ3v) is 3.81. The van der Waals surface area contributed by atoms with Crippen LogP contribution in [-0.2, 0) is 13.2 Å². The molecule has 3 rings (SSSR count). The van der Waals surface area contributed by atoms with Gasteiger partial charge in [-0.3, -0.25) is 0 Å². The van der Waals surface area contributed by atoms with E-state index in [1.165, 1.54) is 6.07 Å². The third-order valence-electron chi connectivity index (χ3n) is 3.81. The molecule has 1 atom stereocenters. The number of hydrogen-bond acceptors (Lipinski definition) is 5. The summed E-state index contributed by atoms with van der Waals surface area (Å²) in [5.41, 5.74) is -0.278. The zero-order valence-electron chi connectivity index (χ0n) is 14.0. The van der Waals surface area contributed by atoms with Gasteiger partial charge in [-0.1, -0.05) is 18.2 Å². The molecule has 0 saturated carbocycles. The Balaban J connectivity index is 1.98. The maximum absolute atomic E-state index is 12.7. The minimum Gasteiger partial charge on any atom is -0.496 e. The van der Waals surface area contributed by atoms with Gasteiger partial charge in [0.25, 0.3) is 0 Å². The van der Waals surface area contributed by atoms with Gasteiger partial charge in [-0.15, -0.1) is 10.2 Å². The summed E-state index contributed by atoms with van der Waals surface area (Å²) in [6.07, 6.45) is -1.12. The molecule has 1 unspecified atom stereocenters. The van der Waals surface area contributed by atoms with E-state index in [-0.39, 0.29) is 5.82 Å². The molecule has 1 N–H and O–H groups in total. The van der Waals surface area contributed by atoms with Gasteiger partial charge < -0.3 is 14.6 Å². The van der Waals surface area contributed by atoms with Crippen LogP contribution in [0.25, 0.3) is 0 Å². The highest BCUT2D eigenvalue weighted by molar-refractivity contribution is 5.46. The molecule has 0 saturated heterocycles. The van der Waals surface area contributed by atoms with Gasteiger partial charge in [0.1, 0.15) is 23.4 Å². The number of rotatable bonds is 5. The second-order valence-electron chi connectivity index (χ2n) is 5.52. The maximum Gasteiger partial charge on any atom is 0.435 e. The molecule has 2 heterocycles. The summed E-state index contributed by atoms with van der Waals surface area (Å²) in [5.74, 6) is 1.46. The van der Waals surface area contributed by atoms with E-state index in [2.05, 4.69) is 20.5 Å². The van der Waals surface area contributed by atoms with Crippen LogP contribution in [0.3, 0.4) is 0 Å². The van der Waals surface area contributed by atoms with Crippen LogP contribution < -0.4 is 10.1 Å². The second kappa shape index (κ2) is 7.03. The lowest BCUT2D eigenvalue weighted by Crippen LogP contribution is -2.19. The highest BCUT2D eigenvalue weighted by Gasteiger charge is 2.33. The topological polar surface area (TPSA) is 64.9 Å². The number of alkyl halides is 3. The standard InChI is InChI=1S/C17H16F3N5O/c1-25-10-9-21-16(25)15(11-5-3-4-6-12(11)26-2)22-14-8-7-13(23-24-14)17(18,19)20/h3-10,15H,1-2H3,(H,22,24). The minimum absolute atomic E-state index is 0.192. The molecule has 136 valence electrons. The van der Waals surface area contributed by atoms with Crippen molar-refractivity contribution in [3.8, 4) is 5.75 Å². The Kier molecular flexibility index (Phi) is 4.79. The molecule has 1 aromatic carbocycles. The number of aromatic nitrogens is 4. The zero-order valence-corrected chi connectivity index (χ0v) is 14.0. The van der Waals surface area contributed by atoms with Crippen LogP contribution in [-0.4, -0.2) is 26.9 Å². The number of anilines is 1. The van der Waals surface area contributed by atoms with E-state index in [1.807, 2.05) is 29.8 Å². The summed E-state index contributed by atoms with van der Waals surface area (Å²) in [4.78, 5) is 4.34. The Morgan fingerprint density at radius 1 is 1.12 bits per heavy atom. The molecule has 0 radical (unpaired) electrons. The van der Waals surface area contributed by atoms with Gasteiger partial charge in [0, 0.05) is 25.0 Å². The quantitative estimate of drug-likeness (QED) is 0.752. The number of nitrogens with zero attached hydrogens (tertiary/aromatic N) is 4. The van der Waals surface area contributed by atoms with E-state index in [0.717, 1.165) is 11.6 Å². The third kappa shape index (κ3) is 3.61. The largest absolute Gasteiger partial charge is 0.496 e. The van der Waals surface area contributed by atoms with Crippen LogP contribution in [0.1, 0.15) is 23.1 Å². The van der Waals surface area contributed by atoms with E-state index in [4.69, 9.17) is 4.74 Å². The monoisotopic (exact) mass is 363 g/mol. The Bertz CT molecular complexity index is 877. The molecule has 0 aliphatic carbocycles. The average Bonchev–Trinajstić information content (AvgIpc) is 3.05. The van der Waals surface area contributed by atoms with Crippen LogP contribution in [0, 0.1) is 0 Å². The number of hydrogen-bond donors (Lipinski definition) is 1. The predicted octanol–water partition coefficient (Wildman–Crippen LogP) is 3.44. The molecule has 0 aliphatic rings. The summed E-state index contributed by atoms with van der Waals surface area (Å²) in [5, 5.41) is 9.98. The van der Waals surface area contributed by atoms with Gasteiger partial charge in [0.2, 0.25) is 0 Å². The number of benzene rings is 1. The first-order valence-corrected chi connectivity index (χ1v) is 7.67. The first-order valence-electron chi connectivity index (χ1n) is 7.67. The van der Waals surface area contributed by atoms with Crippen LogP contribution >= 0.6 is 0 Å². The molecular weight excluding hydrogens is 347 g/mol. The molecule has 0 aliphatic heterocycles. The summed E-state index contributed by atoms with van der Waals surface area (Å²) in [6.45, 7) is 0. The lowest BCUT2D eigenvalue weighted by molar-refractivity contribution is -0.141. The molecule has 3 aromatic rings. The molecule has 26 heavy (non-hydrogen) atoms. The van der Waals surface area contributed by atoms with Crippen LogP contribution in [0.4, 0.5) is 19.0 Å². The van der Waals surface area contributed by atoms with Crippen molar-refractivity contribution in [3.05, 3.63) is 65.9 Å². The number of imidazole rings is 1. The fourth-order valence-corrected chi connectivity index (χ4v) is 2.55. The average molecular weight is 363 g/mol. The molecule has 2 aromatic heterocycles. The SMILES string of the molecule is COc1ccccc1C(Nc1ccc(C(F)(F)F)nn1)c1nccn1C. The van der Waals surface area contributed by atoms with Crippen molar-refractivity contribution in [3.63, 3.8) is 0 Å². The Hall–Kier alpha value is -3.10. The maximum atomic E-state index is 12.7. The fraction of sp³-hybridized carbons (Fsp3) is 0.235. The predicted molar refractivity (Wildman–Crippen MR) is 88.7 cm³/mol. The van der Waals surface area contributed by atoms with Crippen LogP contribution in [0.5, 0.6) is 5.75 Å². The van der Waals surface area contributed by atoms with E-state index in [9.17, 15) is 13.2 Å². The van der Waals surface area contributed by atoms with Crippen molar-refractivity contribution < 1.29 is 17.9 Å². The number of para-hydroxylation sites is 1. The van der Waals surface area contributed by atoms with E-state index >= 15 is 0 Å². The highest BCUT2D eigenvalue weighted by Crippen LogP contribution is 2.32. The van der Waals surface area contributed by atoms with E-state index in [0.29, 0.717) is 11.6 Å². The number of nitrogens with one attached hydrogen (secondary N) is 1. The van der Waals surface area contributed by atoms with Gasteiger partial charge in [0.15, 0.2) is 5.69 Å². The highest BCUT2D eigenvalue weighted by atomic mass is 19.4. The molecule has 6 nitrogen and oxygen atoms in total. The Labute approximate surface area is 147 Å². The minimum atomic E-state index is -4.53. The van der Waals surface area contributed by atoms with Gasteiger partial charge in [-0.25, -0.2) is 4.98 Å². The number of aryl methyl sites for hydroxylation is 1. The number of methoxy groups -OCH3 is 1. The second-order valence-corrected chi connectivity index (χ2v) is 5.52. The van der Waals surface area contributed by atoms with Gasteiger partial charge in [-0.2, -0.15) is 13.2 Å². The molecule has 0 bridgehead atoms. The molecule has 9 heteroatoms. The Morgan fingerprint density at radius 2 is 1.88 bits per heavy atom. The van der Waals surface area contributed by atoms with Crippen molar-refractivity contribution in [1.82, 2.24) is 19.7 Å². The number of halogens is 3. The summed E-state index contributed by atoms with van der Waals surface area (Å²) in [7, 11) is 3.37. The van der Waals surface area contributed by atoms with Crippen LogP contribution in [0.2, 0.25) is 0 Å². The van der Waals surface area contributed by atoms with Crippen LogP contribution in [0.15, 0.2) is 48.8 Å². The normalized spacial score (nSPS) is 12.7. The first kappa shape index (κ1) is 17.7. The first-order chi connectivity index (χ1) is 12.4. The fourth-order valence-electron chi connectivity index (χ4n) is 2.55. The molecule has 0 spiro atoms. The molecular formula is C17H16F3N5O. The summed E-state index contributed by atoms with van der Waals surface area (Å²) in [6, 6.07) is 8.95. The van der Waals surface area contributed by atoms with Crippen molar-refractivity contribution >= 4 is 5.82 Å². The van der Waals surface area contributed by atoms with Crippen molar-refractivity contribution in [2.45, 2.75) is 12.2 Å². The summed E-state index contributed by atoms with van der Waals surface area (Å²) < 4.78 is 45.2. The lowest BCUT2D eigenvalue weighted by atomic mass is 10.0.